The number of carboxylic acid groups (broad SMARTS) is 1. The van der Waals surface area contributed by atoms with Crippen LogP contribution in [0, 0.1) is 0 Å². The fourth-order valence-corrected chi connectivity index (χ4v) is 5.63. The van der Waals surface area contributed by atoms with Crippen molar-refractivity contribution in [1.82, 2.24) is 0 Å². The van der Waals surface area contributed by atoms with Crippen molar-refractivity contribution in [3.05, 3.63) is 21.4 Å². The number of aromatic carboxylic acids is 1. The van der Waals surface area contributed by atoms with E-state index in [2.05, 4.69) is 19.2 Å². The number of carbonyl (C=O) groups is 1. The molecule has 4 heteroatoms. The summed E-state index contributed by atoms with van der Waals surface area (Å²) in [7, 11) is 0. The van der Waals surface area contributed by atoms with Crippen molar-refractivity contribution in [3.8, 4) is 0 Å². The second-order valence-corrected chi connectivity index (χ2v) is 8.16. The molecular weight excluding hydrogens is 324 g/mol. The van der Waals surface area contributed by atoms with E-state index in [4.69, 9.17) is 0 Å². The van der Waals surface area contributed by atoms with Crippen LogP contribution < -0.4 is 0 Å². The summed E-state index contributed by atoms with van der Waals surface area (Å²) >= 11 is 3.26. The van der Waals surface area contributed by atoms with E-state index in [9.17, 15) is 9.90 Å². The predicted octanol–water partition coefficient (Wildman–Crippen LogP) is 6.91. The summed E-state index contributed by atoms with van der Waals surface area (Å²) in [5.74, 6) is -0.749. The molecule has 0 unspecified atom stereocenters. The lowest BCUT2D eigenvalue weighted by atomic mass is 10.1. The van der Waals surface area contributed by atoms with Crippen LogP contribution in [0.3, 0.4) is 0 Å². The normalized spacial score (nSPS) is 11.4. The fraction of sp³-hybridized carbons (Fsp3) is 0.632. The van der Waals surface area contributed by atoms with Crippen molar-refractivity contribution < 1.29 is 9.90 Å². The molecule has 0 saturated heterocycles. The maximum absolute atomic E-state index is 11.6. The van der Waals surface area contributed by atoms with E-state index in [1.54, 1.807) is 11.3 Å². The minimum Gasteiger partial charge on any atom is -0.477 e. The SMILES string of the molecule is CCCCCCc1csc2c(CCCCCC)c(C(=O)O)sc12. The average Bonchev–Trinajstić information content (AvgIpc) is 3.08. The van der Waals surface area contributed by atoms with Gasteiger partial charge in [-0.15, -0.1) is 22.7 Å². The van der Waals surface area contributed by atoms with Crippen molar-refractivity contribution in [2.45, 2.75) is 78.1 Å². The van der Waals surface area contributed by atoms with Gasteiger partial charge in [-0.25, -0.2) is 4.79 Å². The first kappa shape index (κ1) is 18.5. The zero-order chi connectivity index (χ0) is 16.7. The molecule has 0 amide bonds. The van der Waals surface area contributed by atoms with E-state index in [1.165, 1.54) is 71.2 Å². The topological polar surface area (TPSA) is 37.3 Å². The van der Waals surface area contributed by atoms with Crippen LogP contribution in [-0.2, 0) is 12.8 Å². The van der Waals surface area contributed by atoms with Crippen LogP contribution in [0.2, 0.25) is 0 Å². The molecule has 0 atom stereocenters. The summed E-state index contributed by atoms with van der Waals surface area (Å²) in [6.07, 6.45) is 11.8. The Morgan fingerprint density at radius 3 is 2.22 bits per heavy atom. The Hall–Kier alpha value is -0.870. The molecule has 2 heterocycles. The fourth-order valence-electron chi connectivity index (χ4n) is 3.01. The van der Waals surface area contributed by atoms with Crippen molar-refractivity contribution >= 4 is 38.0 Å². The Morgan fingerprint density at radius 2 is 1.61 bits per heavy atom. The first-order valence-corrected chi connectivity index (χ1v) is 10.6. The zero-order valence-corrected chi connectivity index (χ0v) is 16.0. The van der Waals surface area contributed by atoms with Crippen LogP contribution in [-0.4, -0.2) is 11.1 Å². The zero-order valence-electron chi connectivity index (χ0n) is 14.3. The Morgan fingerprint density at radius 1 is 0.957 bits per heavy atom. The highest BCUT2D eigenvalue weighted by Crippen LogP contribution is 2.40. The molecule has 2 nitrogen and oxygen atoms in total. The number of unbranched alkanes of at least 4 members (excludes halogenated alkanes) is 6. The van der Waals surface area contributed by atoms with Gasteiger partial charge in [-0.3, -0.25) is 0 Å². The van der Waals surface area contributed by atoms with Gasteiger partial charge in [-0.2, -0.15) is 0 Å². The first-order chi connectivity index (χ1) is 11.2. The Bertz CT molecular complexity index is 625. The second kappa shape index (κ2) is 9.43. The second-order valence-electron chi connectivity index (χ2n) is 6.26. The number of fused-ring (bicyclic) bond motifs is 1. The van der Waals surface area contributed by atoms with Crippen molar-refractivity contribution in [1.29, 1.82) is 0 Å². The molecule has 0 bridgehead atoms. The van der Waals surface area contributed by atoms with E-state index in [0.717, 1.165) is 24.8 Å². The standard InChI is InChI=1S/C19H28O2S2/c1-3-5-7-9-11-14-13-22-17-15(12-10-8-6-4-2)18(19(20)21)23-16(14)17/h13H,3-12H2,1-2H3,(H,20,21). The largest absolute Gasteiger partial charge is 0.477 e. The number of aryl methyl sites for hydroxylation is 2. The monoisotopic (exact) mass is 352 g/mol. The van der Waals surface area contributed by atoms with Crippen molar-refractivity contribution in [2.24, 2.45) is 0 Å². The Kier molecular flexibility index (Phi) is 7.57. The third kappa shape index (κ3) is 4.80. The maximum atomic E-state index is 11.6. The molecule has 0 spiro atoms. The Balaban J connectivity index is 2.14. The van der Waals surface area contributed by atoms with Crippen LogP contribution in [0.1, 0.15) is 86.0 Å². The number of carboxylic acids is 1. The molecule has 0 aliphatic rings. The predicted molar refractivity (Wildman–Crippen MR) is 102 cm³/mol. The molecule has 0 aromatic carbocycles. The molecule has 2 rings (SSSR count). The summed E-state index contributed by atoms with van der Waals surface area (Å²) in [5.41, 5.74) is 2.46. The highest BCUT2D eigenvalue weighted by atomic mass is 32.1. The lowest BCUT2D eigenvalue weighted by Gasteiger charge is -2.00. The molecule has 0 fully saturated rings. The van der Waals surface area contributed by atoms with Crippen LogP contribution in [0.4, 0.5) is 0 Å². The maximum Gasteiger partial charge on any atom is 0.346 e. The van der Waals surface area contributed by atoms with Gasteiger partial charge in [-0.05, 0) is 42.2 Å². The summed E-state index contributed by atoms with van der Waals surface area (Å²) in [5, 5.41) is 11.8. The number of hydrogen-bond acceptors (Lipinski definition) is 3. The highest BCUT2D eigenvalue weighted by Gasteiger charge is 2.20. The molecule has 2 aromatic heterocycles. The molecule has 128 valence electrons. The van der Waals surface area contributed by atoms with Gasteiger partial charge >= 0.3 is 5.97 Å². The third-order valence-corrected chi connectivity index (χ3v) is 6.86. The van der Waals surface area contributed by atoms with Crippen LogP contribution in [0.15, 0.2) is 5.38 Å². The van der Waals surface area contributed by atoms with Gasteiger partial charge in [0.2, 0.25) is 0 Å². The van der Waals surface area contributed by atoms with Gasteiger partial charge in [0, 0.05) is 9.40 Å². The Labute approximate surface area is 147 Å². The molecule has 23 heavy (non-hydrogen) atoms. The van der Waals surface area contributed by atoms with Crippen LogP contribution >= 0.6 is 22.7 Å². The molecule has 0 aliphatic heterocycles. The van der Waals surface area contributed by atoms with Crippen molar-refractivity contribution in [3.63, 3.8) is 0 Å². The van der Waals surface area contributed by atoms with Gasteiger partial charge in [0.05, 0.1) is 0 Å². The van der Waals surface area contributed by atoms with Gasteiger partial charge in [0.1, 0.15) is 4.88 Å². The van der Waals surface area contributed by atoms with E-state index in [-0.39, 0.29) is 0 Å². The lowest BCUT2D eigenvalue weighted by Crippen LogP contribution is -1.97. The van der Waals surface area contributed by atoms with Gasteiger partial charge in [-0.1, -0.05) is 52.4 Å². The summed E-state index contributed by atoms with van der Waals surface area (Å²) < 4.78 is 2.49. The minimum absolute atomic E-state index is 0.582. The van der Waals surface area contributed by atoms with Gasteiger partial charge < -0.3 is 5.11 Å². The number of hydrogen-bond donors (Lipinski definition) is 1. The van der Waals surface area contributed by atoms with E-state index >= 15 is 0 Å². The summed E-state index contributed by atoms with van der Waals surface area (Å²) in [6.45, 7) is 4.43. The number of thiophene rings is 2. The average molecular weight is 353 g/mol. The van der Waals surface area contributed by atoms with Crippen LogP contribution in [0.5, 0.6) is 0 Å². The summed E-state index contributed by atoms with van der Waals surface area (Å²) in [6, 6.07) is 0. The lowest BCUT2D eigenvalue weighted by molar-refractivity contribution is 0.0701. The van der Waals surface area contributed by atoms with E-state index < -0.39 is 5.97 Å². The van der Waals surface area contributed by atoms with Gasteiger partial charge in [0.25, 0.3) is 0 Å². The quantitative estimate of drug-likeness (QED) is 0.446. The third-order valence-electron chi connectivity index (χ3n) is 4.34. The van der Waals surface area contributed by atoms with E-state index in [1.807, 2.05) is 0 Å². The molecule has 1 N–H and O–H groups in total. The molecule has 0 radical (unpaired) electrons. The molecule has 2 aromatic rings. The molecular formula is C19H28O2S2. The smallest absolute Gasteiger partial charge is 0.346 e. The number of rotatable bonds is 11. The first-order valence-electron chi connectivity index (χ1n) is 8.94. The van der Waals surface area contributed by atoms with Gasteiger partial charge in [0.15, 0.2) is 0 Å². The van der Waals surface area contributed by atoms with E-state index in [0.29, 0.717) is 4.88 Å². The molecule has 0 aliphatic carbocycles. The van der Waals surface area contributed by atoms with Crippen LogP contribution in [0.25, 0.3) is 9.40 Å². The summed E-state index contributed by atoms with van der Waals surface area (Å²) in [4.78, 5) is 12.2. The molecule has 0 saturated carbocycles. The minimum atomic E-state index is -0.749. The highest BCUT2D eigenvalue weighted by molar-refractivity contribution is 7.28. The van der Waals surface area contributed by atoms with Crippen molar-refractivity contribution in [2.75, 3.05) is 0 Å².